The van der Waals surface area contributed by atoms with Crippen LogP contribution >= 0.6 is 11.8 Å². The second kappa shape index (κ2) is 3.38. The van der Waals surface area contributed by atoms with Gasteiger partial charge in [-0.15, -0.1) is 4.24 Å². The lowest BCUT2D eigenvalue weighted by Crippen LogP contribution is -2.14. The SMILES string of the molecule is O=S(=O)(NCl)c1ccccc1F. The summed E-state index contributed by atoms with van der Waals surface area (Å²) < 4.78 is 36.2. The lowest BCUT2D eigenvalue weighted by molar-refractivity contribution is 0.565. The first-order valence-corrected chi connectivity index (χ1v) is 4.81. The summed E-state index contributed by atoms with van der Waals surface area (Å²) >= 11 is 4.90. The molecule has 1 N–H and O–H groups in total. The summed E-state index contributed by atoms with van der Waals surface area (Å²) in [4.78, 5) is -0.458. The number of hydrogen-bond donors (Lipinski definition) is 1. The van der Waals surface area contributed by atoms with Crippen molar-refractivity contribution in [3.63, 3.8) is 0 Å². The molecule has 0 fully saturated rings. The van der Waals surface area contributed by atoms with Crippen LogP contribution in [-0.4, -0.2) is 8.42 Å². The van der Waals surface area contributed by atoms with Gasteiger partial charge in [0.1, 0.15) is 10.7 Å². The Morgan fingerprint density at radius 1 is 1.33 bits per heavy atom. The van der Waals surface area contributed by atoms with Gasteiger partial charge >= 0.3 is 0 Å². The maximum Gasteiger partial charge on any atom is 0.256 e. The normalized spacial score (nSPS) is 11.5. The largest absolute Gasteiger partial charge is 0.256 e. The molecule has 0 unspecified atom stereocenters. The van der Waals surface area contributed by atoms with Gasteiger partial charge in [-0.2, -0.15) is 0 Å². The predicted molar refractivity (Wildman–Crippen MR) is 42.6 cm³/mol. The minimum Gasteiger partial charge on any atom is -0.206 e. The zero-order chi connectivity index (χ0) is 9.19. The average Bonchev–Trinajstić information content (AvgIpc) is 2.05. The zero-order valence-electron chi connectivity index (χ0n) is 5.79. The molecule has 0 saturated carbocycles. The Labute approximate surface area is 74.3 Å². The maximum atomic E-state index is 12.8. The molecule has 0 aromatic heterocycles. The molecule has 0 aliphatic rings. The first kappa shape index (κ1) is 9.44. The van der Waals surface area contributed by atoms with Crippen LogP contribution in [0.3, 0.4) is 0 Å². The lowest BCUT2D eigenvalue weighted by atomic mass is 10.4. The molecule has 0 amide bonds. The van der Waals surface area contributed by atoms with Gasteiger partial charge in [0.25, 0.3) is 10.0 Å². The van der Waals surface area contributed by atoms with Gasteiger partial charge in [0, 0.05) is 0 Å². The Kier molecular flexibility index (Phi) is 2.66. The fourth-order valence-corrected chi connectivity index (χ4v) is 1.62. The maximum absolute atomic E-state index is 12.8. The fraction of sp³-hybridized carbons (Fsp3) is 0. The van der Waals surface area contributed by atoms with E-state index in [0.717, 1.165) is 12.1 Å². The first-order chi connectivity index (χ1) is 5.58. The molecule has 0 heterocycles. The Bertz CT molecular complexity index is 379. The molecule has 0 aliphatic carbocycles. The van der Waals surface area contributed by atoms with Crippen LogP contribution in [0.4, 0.5) is 4.39 Å². The van der Waals surface area contributed by atoms with Crippen molar-refractivity contribution >= 4 is 21.8 Å². The van der Waals surface area contributed by atoms with Crippen LogP contribution in [0, 0.1) is 5.82 Å². The number of benzene rings is 1. The van der Waals surface area contributed by atoms with Crippen LogP contribution in [0.25, 0.3) is 0 Å². The van der Waals surface area contributed by atoms with Crippen molar-refractivity contribution in [1.29, 1.82) is 0 Å². The quantitative estimate of drug-likeness (QED) is 0.746. The second-order valence-electron chi connectivity index (χ2n) is 2.01. The van der Waals surface area contributed by atoms with Crippen molar-refractivity contribution in [2.24, 2.45) is 0 Å². The van der Waals surface area contributed by atoms with Gasteiger partial charge in [0.15, 0.2) is 0 Å². The Hall–Kier alpha value is -0.650. The van der Waals surface area contributed by atoms with Gasteiger partial charge < -0.3 is 0 Å². The molecular formula is C6H5ClFNO2S. The summed E-state index contributed by atoms with van der Waals surface area (Å²) in [6.07, 6.45) is 0. The van der Waals surface area contributed by atoms with Crippen LogP contribution in [0.5, 0.6) is 0 Å². The van der Waals surface area contributed by atoms with E-state index in [4.69, 9.17) is 11.8 Å². The van der Waals surface area contributed by atoms with Gasteiger partial charge in [-0.3, -0.25) is 0 Å². The summed E-state index contributed by atoms with van der Waals surface area (Å²) in [7, 11) is -3.89. The zero-order valence-corrected chi connectivity index (χ0v) is 7.36. The minimum atomic E-state index is -3.89. The van der Waals surface area contributed by atoms with E-state index in [1.165, 1.54) is 16.4 Å². The summed E-state index contributed by atoms with van der Waals surface area (Å²) in [6, 6.07) is 4.97. The van der Waals surface area contributed by atoms with Crippen LogP contribution in [0.2, 0.25) is 0 Å². The van der Waals surface area contributed by atoms with E-state index in [-0.39, 0.29) is 0 Å². The van der Waals surface area contributed by atoms with E-state index in [2.05, 4.69) is 0 Å². The minimum absolute atomic E-state index is 0.458. The number of halogens is 2. The highest BCUT2D eigenvalue weighted by atomic mass is 35.5. The molecule has 0 spiro atoms. The van der Waals surface area contributed by atoms with E-state index >= 15 is 0 Å². The third kappa shape index (κ3) is 1.74. The molecule has 0 radical (unpaired) electrons. The van der Waals surface area contributed by atoms with Crippen LogP contribution < -0.4 is 4.24 Å². The molecular weight excluding hydrogens is 205 g/mol. The molecule has 66 valence electrons. The van der Waals surface area contributed by atoms with Gasteiger partial charge in [-0.1, -0.05) is 12.1 Å². The summed E-state index contributed by atoms with van der Waals surface area (Å²) in [5.74, 6) is -0.828. The first-order valence-electron chi connectivity index (χ1n) is 2.95. The molecule has 1 aromatic rings. The molecule has 0 saturated heterocycles. The Morgan fingerprint density at radius 3 is 2.42 bits per heavy atom. The molecule has 1 aromatic carbocycles. The molecule has 0 atom stereocenters. The highest BCUT2D eigenvalue weighted by Crippen LogP contribution is 2.12. The molecule has 1 rings (SSSR count). The van der Waals surface area contributed by atoms with E-state index in [0.29, 0.717) is 0 Å². The van der Waals surface area contributed by atoms with Gasteiger partial charge in [-0.05, 0) is 23.9 Å². The molecule has 0 bridgehead atoms. The number of nitrogens with one attached hydrogen (secondary N) is 1. The van der Waals surface area contributed by atoms with Crippen molar-refractivity contribution in [1.82, 2.24) is 4.24 Å². The Balaban J connectivity index is 3.30. The van der Waals surface area contributed by atoms with Crippen molar-refractivity contribution in [2.75, 3.05) is 0 Å². The van der Waals surface area contributed by atoms with Crippen molar-refractivity contribution in [3.8, 4) is 0 Å². The van der Waals surface area contributed by atoms with Crippen molar-refractivity contribution in [2.45, 2.75) is 4.90 Å². The molecule has 3 nitrogen and oxygen atoms in total. The molecule has 12 heavy (non-hydrogen) atoms. The second-order valence-corrected chi connectivity index (χ2v) is 4.07. The average molecular weight is 210 g/mol. The fourth-order valence-electron chi connectivity index (χ4n) is 0.704. The molecule has 0 aliphatic heterocycles. The van der Waals surface area contributed by atoms with Gasteiger partial charge in [0.2, 0.25) is 0 Å². The van der Waals surface area contributed by atoms with Crippen LogP contribution in [0.15, 0.2) is 29.2 Å². The van der Waals surface area contributed by atoms with Gasteiger partial charge in [-0.25, -0.2) is 12.8 Å². The summed E-state index contributed by atoms with van der Waals surface area (Å²) in [5, 5.41) is 0. The third-order valence-corrected chi connectivity index (χ3v) is 2.95. The highest BCUT2D eigenvalue weighted by molar-refractivity contribution is 7.90. The highest BCUT2D eigenvalue weighted by Gasteiger charge is 2.16. The Morgan fingerprint density at radius 2 is 1.92 bits per heavy atom. The predicted octanol–water partition coefficient (Wildman–Crippen LogP) is 1.26. The number of hydrogen-bond acceptors (Lipinski definition) is 2. The number of sulfonamides is 1. The van der Waals surface area contributed by atoms with Crippen molar-refractivity contribution < 1.29 is 12.8 Å². The topological polar surface area (TPSA) is 46.2 Å². The van der Waals surface area contributed by atoms with Gasteiger partial charge in [0.05, 0.1) is 0 Å². The third-order valence-electron chi connectivity index (χ3n) is 1.23. The van der Waals surface area contributed by atoms with Crippen LogP contribution in [-0.2, 0) is 10.0 Å². The van der Waals surface area contributed by atoms with Crippen LogP contribution in [0.1, 0.15) is 0 Å². The molecule has 6 heteroatoms. The standard InChI is InChI=1S/C6H5ClFNO2S/c7-9-12(10,11)6-4-2-1-3-5(6)8/h1-4,9H. The summed E-state index contributed by atoms with van der Waals surface area (Å²) in [5.41, 5.74) is 0. The van der Waals surface area contributed by atoms with E-state index in [1.807, 2.05) is 0 Å². The number of rotatable bonds is 2. The lowest BCUT2D eigenvalue weighted by Gasteiger charge is -2.00. The van der Waals surface area contributed by atoms with E-state index in [9.17, 15) is 12.8 Å². The summed E-state index contributed by atoms with van der Waals surface area (Å²) in [6.45, 7) is 0. The monoisotopic (exact) mass is 209 g/mol. The van der Waals surface area contributed by atoms with E-state index < -0.39 is 20.7 Å². The smallest absolute Gasteiger partial charge is 0.206 e. The van der Waals surface area contributed by atoms with E-state index in [1.54, 1.807) is 0 Å². The van der Waals surface area contributed by atoms with Crippen molar-refractivity contribution in [3.05, 3.63) is 30.1 Å².